The van der Waals surface area contributed by atoms with Crippen molar-refractivity contribution in [3.8, 4) is 0 Å². The first-order chi connectivity index (χ1) is 9.63. The zero-order valence-corrected chi connectivity index (χ0v) is 13.3. The first kappa shape index (κ1) is 14.1. The zero-order valence-electron chi connectivity index (χ0n) is 13.3. The summed E-state index contributed by atoms with van der Waals surface area (Å²) in [6.45, 7) is 7.16. The van der Waals surface area contributed by atoms with Gasteiger partial charge in [-0.25, -0.2) is 0 Å². The molecule has 1 fully saturated rings. The number of benzene rings is 1. The number of fused-ring (bicyclic) bond motifs is 1. The summed E-state index contributed by atoms with van der Waals surface area (Å²) < 4.78 is 0. The van der Waals surface area contributed by atoms with Crippen LogP contribution in [0.5, 0.6) is 0 Å². The van der Waals surface area contributed by atoms with Gasteiger partial charge in [0.15, 0.2) is 0 Å². The summed E-state index contributed by atoms with van der Waals surface area (Å²) in [6.07, 6.45) is 7.99. The lowest BCUT2D eigenvalue weighted by molar-refractivity contribution is 0.217. The van der Waals surface area contributed by atoms with Gasteiger partial charge in [-0.05, 0) is 74.0 Å². The summed E-state index contributed by atoms with van der Waals surface area (Å²) in [5.41, 5.74) is 4.67. The highest BCUT2D eigenvalue weighted by atomic mass is 14.9. The van der Waals surface area contributed by atoms with Crippen LogP contribution in [-0.4, -0.2) is 6.04 Å². The molecule has 4 atom stereocenters. The van der Waals surface area contributed by atoms with E-state index < -0.39 is 0 Å². The summed E-state index contributed by atoms with van der Waals surface area (Å²) in [5, 5.41) is 3.88. The highest BCUT2D eigenvalue weighted by Crippen LogP contribution is 2.31. The average molecular weight is 271 g/mol. The Kier molecular flexibility index (Phi) is 4.16. The molecule has 20 heavy (non-hydrogen) atoms. The number of hydrogen-bond acceptors (Lipinski definition) is 1. The van der Waals surface area contributed by atoms with E-state index in [1.54, 1.807) is 11.1 Å². The maximum atomic E-state index is 3.88. The molecular weight excluding hydrogens is 242 g/mol. The van der Waals surface area contributed by atoms with Crippen LogP contribution < -0.4 is 5.32 Å². The molecular formula is C19H29N. The molecule has 0 spiro atoms. The third-order valence-corrected chi connectivity index (χ3v) is 5.71. The number of nitrogens with one attached hydrogen (secondary N) is 1. The summed E-state index contributed by atoms with van der Waals surface area (Å²) in [7, 11) is 0. The monoisotopic (exact) mass is 271 g/mol. The van der Waals surface area contributed by atoms with E-state index in [0.29, 0.717) is 12.1 Å². The maximum Gasteiger partial charge on any atom is 0.0294 e. The largest absolute Gasteiger partial charge is 0.307 e. The predicted octanol–water partition coefficient (Wildman–Crippen LogP) is 4.65. The first-order valence-electron chi connectivity index (χ1n) is 8.51. The first-order valence-corrected chi connectivity index (χ1v) is 8.51. The quantitative estimate of drug-likeness (QED) is 0.843. The van der Waals surface area contributed by atoms with Crippen LogP contribution in [0.1, 0.15) is 69.2 Å². The molecule has 0 saturated heterocycles. The van der Waals surface area contributed by atoms with Gasteiger partial charge in [0.25, 0.3) is 0 Å². The molecule has 1 heteroatoms. The molecule has 2 aliphatic carbocycles. The molecule has 0 radical (unpaired) electrons. The van der Waals surface area contributed by atoms with Crippen molar-refractivity contribution in [1.29, 1.82) is 0 Å². The van der Waals surface area contributed by atoms with Crippen LogP contribution in [0.15, 0.2) is 18.2 Å². The van der Waals surface area contributed by atoms with Gasteiger partial charge >= 0.3 is 0 Å². The summed E-state index contributed by atoms with van der Waals surface area (Å²) in [6, 6.07) is 8.36. The van der Waals surface area contributed by atoms with Gasteiger partial charge in [-0.2, -0.15) is 0 Å². The van der Waals surface area contributed by atoms with Crippen LogP contribution in [0.2, 0.25) is 0 Å². The van der Waals surface area contributed by atoms with E-state index in [9.17, 15) is 0 Å². The van der Waals surface area contributed by atoms with Gasteiger partial charge in [0.1, 0.15) is 0 Å². The molecule has 0 bridgehead atoms. The van der Waals surface area contributed by atoms with Gasteiger partial charge in [-0.3, -0.25) is 0 Å². The van der Waals surface area contributed by atoms with Crippen molar-refractivity contribution in [1.82, 2.24) is 5.32 Å². The van der Waals surface area contributed by atoms with E-state index in [0.717, 1.165) is 11.8 Å². The smallest absolute Gasteiger partial charge is 0.0294 e. The van der Waals surface area contributed by atoms with E-state index in [4.69, 9.17) is 0 Å². The minimum atomic E-state index is 0.492. The summed E-state index contributed by atoms with van der Waals surface area (Å²) in [5.74, 6) is 1.77. The molecule has 1 aromatic rings. The van der Waals surface area contributed by atoms with Crippen molar-refractivity contribution in [2.45, 2.75) is 71.4 Å². The minimum Gasteiger partial charge on any atom is -0.307 e. The number of aryl methyl sites for hydroxylation is 2. The summed E-state index contributed by atoms with van der Waals surface area (Å²) in [4.78, 5) is 0. The van der Waals surface area contributed by atoms with Gasteiger partial charge in [-0.15, -0.1) is 0 Å². The molecule has 1 N–H and O–H groups in total. The molecule has 2 aliphatic rings. The van der Waals surface area contributed by atoms with Crippen molar-refractivity contribution in [3.63, 3.8) is 0 Å². The van der Waals surface area contributed by atoms with Crippen LogP contribution in [0.25, 0.3) is 0 Å². The Bertz CT molecular complexity index is 465. The van der Waals surface area contributed by atoms with Crippen molar-refractivity contribution in [2.24, 2.45) is 11.8 Å². The van der Waals surface area contributed by atoms with Crippen molar-refractivity contribution in [3.05, 3.63) is 34.9 Å². The van der Waals surface area contributed by atoms with E-state index in [2.05, 4.69) is 44.3 Å². The van der Waals surface area contributed by atoms with E-state index in [1.807, 2.05) is 0 Å². The Morgan fingerprint density at radius 2 is 1.85 bits per heavy atom. The van der Waals surface area contributed by atoms with Crippen LogP contribution >= 0.6 is 0 Å². The minimum absolute atomic E-state index is 0.492. The van der Waals surface area contributed by atoms with Gasteiger partial charge in [-0.1, -0.05) is 32.0 Å². The van der Waals surface area contributed by atoms with Crippen LogP contribution in [0.3, 0.4) is 0 Å². The number of hydrogen-bond donors (Lipinski definition) is 1. The molecule has 3 rings (SSSR count). The Labute approximate surface area is 124 Å². The number of rotatable bonds is 3. The SMILES string of the molecule is CC(NC1CCC(C)C(C)C1)c1ccc2c(c1)CCC2. The average Bonchev–Trinajstić information content (AvgIpc) is 2.90. The Balaban J connectivity index is 1.63. The van der Waals surface area contributed by atoms with E-state index in [-0.39, 0.29) is 0 Å². The van der Waals surface area contributed by atoms with Gasteiger partial charge in [0, 0.05) is 12.1 Å². The predicted molar refractivity (Wildman–Crippen MR) is 86.0 cm³/mol. The zero-order chi connectivity index (χ0) is 14.1. The summed E-state index contributed by atoms with van der Waals surface area (Å²) >= 11 is 0. The van der Waals surface area contributed by atoms with E-state index in [1.165, 1.54) is 44.1 Å². The molecule has 1 saturated carbocycles. The van der Waals surface area contributed by atoms with Gasteiger partial charge < -0.3 is 5.32 Å². The van der Waals surface area contributed by atoms with Gasteiger partial charge in [0.05, 0.1) is 0 Å². The maximum absolute atomic E-state index is 3.88. The lowest BCUT2D eigenvalue weighted by atomic mass is 9.79. The van der Waals surface area contributed by atoms with Crippen LogP contribution in [0.4, 0.5) is 0 Å². The molecule has 110 valence electrons. The standard InChI is InChI=1S/C19H29N/c1-13-7-10-19(11-14(13)2)20-15(3)17-9-8-16-5-4-6-18(16)12-17/h8-9,12-15,19-20H,4-7,10-11H2,1-3H3. The second-order valence-electron chi connectivity index (χ2n) is 7.23. The normalized spacial score (nSPS) is 31.1. The fourth-order valence-corrected chi connectivity index (χ4v) is 4.01. The molecule has 1 aromatic carbocycles. The molecule has 0 aromatic heterocycles. The van der Waals surface area contributed by atoms with Crippen LogP contribution in [0, 0.1) is 11.8 Å². The van der Waals surface area contributed by atoms with Crippen molar-refractivity contribution in [2.75, 3.05) is 0 Å². The Morgan fingerprint density at radius 3 is 2.65 bits per heavy atom. The highest BCUT2D eigenvalue weighted by molar-refractivity contribution is 5.36. The van der Waals surface area contributed by atoms with Crippen molar-refractivity contribution >= 4 is 0 Å². The Hall–Kier alpha value is -0.820. The lowest BCUT2D eigenvalue weighted by Crippen LogP contribution is -2.37. The molecule has 0 heterocycles. The van der Waals surface area contributed by atoms with E-state index >= 15 is 0 Å². The second-order valence-corrected chi connectivity index (χ2v) is 7.23. The van der Waals surface area contributed by atoms with Crippen molar-refractivity contribution < 1.29 is 0 Å². The van der Waals surface area contributed by atoms with Gasteiger partial charge in [0.2, 0.25) is 0 Å². The molecule has 1 nitrogen and oxygen atoms in total. The topological polar surface area (TPSA) is 12.0 Å². The fourth-order valence-electron chi connectivity index (χ4n) is 4.01. The molecule has 4 unspecified atom stereocenters. The highest BCUT2D eigenvalue weighted by Gasteiger charge is 2.25. The van der Waals surface area contributed by atoms with Crippen LogP contribution in [-0.2, 0) is 12.8 Å². The third kappa shape index (κ3) is 2.93. The molecule has 0 amide bonds. The molecule has 0 aliphatic heterocycles. The third-order valence-electron chi connectivity index (χ3n) is 5.71. The Morgan fingerprint density at radius 1 is 1.05 bits per heavy atom. The fraction of sp³-hybridized carbons (Fsp3) is 0.684. The lowest BCUT2D eigenvalue weighted by Gasteiger charge is -2.34. The second kappa shape index (κ2) is 5.89.